The molecule has 0 saturated heterocycles. The van der Waals surface area contributed by atoms with Gasteiger partial charge in [0, 0.05) is 133 Å². The van der Waals surface area contributed by atoms with E-state index in [0.29, 0.717) is 46.5 Å². The third-order valence-electron chi connectivity index (χ3n) is 10.1. The van der Waals surface area contributed by atoms with Gasteiger partial charge in [-0.3, -0.25) is 14.8 Å². The number of alkyl halides is 6. The zero-order valence-electron chi connectivity index (χ0n) is 40.8. The van der Waals surface area contributed by atoms with Crippen LogP contribution in [0.4, 0.5) is 49.6 Å². The summed E-state index contributed by atoms with van der Waals surface area (Å²) in [6, 6.07) is 14.4. The quantitative estimate of drug-likeness (QED) is 0.0488. The molecule has 0 radical (unpaired) electrons. The number of aromatic carboxylic acids is 1. The SMILES string of the molecule is COc1cc(Nc2ncc(-c3cncc(C(=O)NCCO)c3)c(-n3ccc(C(F)(F)F)n3)n2)cc(OC)c1.COc1cc(Nc2ncc(-c3cncc(C(=O)O)c3)c(-n3ccc(C(F)(F)F)n3)n2)cc(OC)c1.NCCO. The van der Waals surface area contributed by atoms with E-state index < -0.39 is 35.6 Å². The second-order valence-electron chi connectivity index (χ2n) is 15.3. The van der Waals surface area contributed by atoms with Crippen molar-refractivity contribution in [1.82, 2.24) is 54.8 Å². The first-order valence-electron chi connectivity index (χ1n) is 22.2. The number of aliphatic hydroxyl groups is 2. The van der Waals surface area contributed by atoms with Gasteiger partial charge in [-0.1, -0.05) is 0 Å². The van der Waals surface area contributed by atoms with Crippen molar-refractivity contribution in [3.05, 3.63) is 133 Å². The lowest BCUT2D eigenvalue weighted by atomic mass is 10.1. The van der Waals surface area contributed by atoms with Crippen molar-refractivity contribution in [3.8, 4) is 56.9 Å². The average molecular weight is 1080 g/mol. The Bertz CT molecular complexity index is 3260. The molecule has 1 amide bonds. The third-order valence-corrected chi connectivity index (χ3v) is 10.1. The number of hydrogen-bond acceptors (Lipinski definition) is 19. The average Bonchev–Trinajstić information content (AvgIpc) is 4.16. The number of anilines is 4. The van der Waals surface area contributed by atoms with Crippen molar-refractivity contribution in [1.29, 1.82) is 0 Å². The highest BCUT2D eigenvalue weighted by Crippen LogP contribution is 2.34. The fourth-order valence-corrected chi connectivity index (χ4v) is 6.51. The van der Waals surface area contributed by atoms with Gasteiger partial charge in [-0.05, 0) is 24.3 Å². The van der Waals surface area contributed by atoms with E-state index in [1.54, 1.807) is 36.4 Å². The monoisotopic (exact) mass is 1080 g/mol. The number of halogens is 6. The van der Waals surface area contributed by atoms with Gasteiger partial charge in [-0.25, -0.2) is 24.1 Å². The van der Waals surface area contributed by atoms with Crippen LogP contribution in [0.3, 0.4) is 0 Å². The fraction of sp³-hybridized carbons (Fsp3) is 0.208. The Kier molecular flexibility index (Phi) is 18.9. The summed E-state index contributed by atoms with van der Waals surface area (Å²) in [6.45, 7) is 0.270. The number of nitrogens with two attached hydrogens (primary N) is 1. The standard InChI is InChI=1S/C24H22F3N7O4.C22H17F3N6O4.C2H7NO/c1-37-17-8-16(9-18(10-17)38-2)31-23-30-13-19(14-7-15(12-28-11-14)22(36)29-4-6-35)21(32-23)34-5-3-20(33-34)24(25,26)27;1-34-15-6-14(7-16(8-15)35-2)28-21-27-11-17(12-5-13(20(32)33)10-26-9-12)19(29-21)31-4-3-18(30-31)22(23,24)25;3-1-2-4/h3,5,7-13,35H,4,6H2,1-2H3,(H,29,36)(H,30,31,32);3-11H,1-2H3,(H,32,33)(H,27,28,29);4H,1-3H2. The van der Waals surface area contributed by atoms with E-state index in [1.807, 2.05) is 0 Å². The number of hydrogen-bond donors (Lipinski definition) is 7. The van der Waals surface area contributed by atoms with Crippen LogP contribution in [-0.2, 0) is 12.4 Å². The molecule has 0 aliphatic rings. The molecule has 0 saturated carbocycles. The summed E-state index contributed by atoms with van der Waals surface area (Å²) < 4.78 is 102. The van der Waals surface area contributed by atoms with Crippen LogP contribution in [0, 0.1) is 0 Å². The number of rotatable bonds is 17. The van der Waals surface area contributed by atoms with Crippen LogP contribution in [0.15, 0.2) is 110 Å². The van der Waals surface area contributed by atoms with Crippen molar-refractivity contribution >= 4 is 35.1 Å². The molecule has 8 rings (SSSR count). The summed E-state index contributed by atoms with van der Waals surface area (Å²) in [5.41, 5.74) is 4.71. The number of pyridine rings is 2. The second-order valence-corrected chi connectivity index (χ2v) is 15.3. The van der Waals surface area contributed by atoms with Crippen LogP contribution in [0.2, 0.25) is 0 Å². The van der Waals surface area contributed by atoms with Crippen LogP contribution in [0.1, 0.15) is 32.1 Å². The Balaban J connectivity index is 0.000000234. The van der Waals surface area contributed by atoms with Gasteiger partial charge in [0.2, 0.25) is 11.9 Å². The van der Waals surface area contributed by atoms with Crippen molar-refractivity contribution in [2.24, 2.45) is 5.73 Å². The van der Waals surface area contributed by atoms with Crippen molar-refractivity contribution in [2.45, 2.75) is 12.4 Å². The number of amides is 1. The first-order valence-corrected chi connectivity index (χ1v) is 22.2. The van der Waals surface area contributed by atoms with Crippen molar-refractivity contribution in [2.75, 3.05) is 65.4 Å². The number of nitrogens with one attached hydrogen (secondary N) is 3. The highest BCUT2D eigenvalue weighted by molar-refractivity contribution is 5.95. The number of carbonyl (C=O) groups is 2. The molecule has 23 nitrogen and oxygen atoms in total. The molecule has 2 aromatic carbocycles. The highest BCUT2D eigenvalue weighted by atomic mass is 19.4. The molecule has 404 valence electrons. The Labute approximate surface area is 432 Å². The molecular weight excluding hydrogens is 1030 g/mol. The third kappa shape index (κ3) is 15.1. The lowest BCUT2D eigenvalue weighted by molar-refractivity contribution is -0.142. The first kappa shape index (κ1) is 56.8. The summed E-state index contributed by atoms with van der Waals surface area (Å²) in [5, 5.41) is 41.7. The van der Waals surface area contributed by atoms with Gasteiger partial charge in [0.1, 0.15) is 23.0 Å². The minimum atomic E-state index is -4.67. The summed E-state index contributed by atoms with van der Waals surface area (Å²) in [6.07, 6.45) is 0.835. The van der Waals surface area contributed by atoms with E-state index in [2.05, 4.69) is 56.1 Å². The highest BCUT2D eigenvalue weighted by Gasteiger charge is 2.35. The number of benzene rings is 2. The van der Waals surface area contributed by atoms with E-state index in [9.17, 15) is 41.0 Å². The molecule has 0 unspecified atom stereocenters. The van der Waals surface area contributed by atoms with E-state index in [-0.39, 0.29) is 71.1 Å². The van der Waals surface area contributed by atoms with Gasteiger partial charge in [-0.2, -0.15) is 46.5 Å². The molecular formula is C48H46F6N14O9. The van der Waals surface area contributed by atoms with E-state index >= 15 is 0 Å². The number of nitrogens with zero attached hydrogens (tertiary/aromatic N) is 10. The minimum Gasteiger partial charge on any atom is -0.497 e. The van der Waals surface area contributed by atoms with E-state index in [4.69, 9.17) is 34.9 Å². The molecule has 0 atom stereocenters. The predicted octanol–water partition coefficient (Wildman–Crippen LogP) is 6.37. The molecule has 6 heterocycles. The Morgan fingerprint density at radius 2 is 1.00 bits per heavy atom. The molecule has 8 N–H and O–H groups in total. The molecule has 29 heteroatoms. The number of carboxylic acids is 1. The minimum absolute atomic E-state index is 0.00239. The molecule has 0 aliphatic carbocycles. The van der Waals surface area contributed by atoms with E-state index in [1.165, 1.54) is 71.6 Å². The van der Waals surface area contributed by atoms with Crippen LogP contribution < -0.4 is 40.6 Å². The van der Waals surface area contributed by atoms with Gasteiger partial charge in [0.15, 0.2) is 23.0 Å². The van der Waals surface area contributed by atoms with Gasteiger partial charge < -0.3 is 56.0 Å². The molecule has 77 heavy (non-hydrogen) atoms. The number of aliphatic hydroxyl groups excluding tert-OH is 2. The molecule has 0 aliphatic heterocycles. The maximum atomic E-state index is 13.3. The Morgan fingerprint density at radius 1 is 0.597 bits per heavy atom. The van der Waals surface area contributed by atoms with E-state index in [0.717, 1.165) is 40.1 Å². The summed E-state index contributed by atoms with van der Waals surface area (Å²) in [4.78, 5) is 49.0. The summed E-state index contributed by atoms with van der Waals surface area (Å²) in [5.74, 6) is 0.313. The molecule has 0 bridgehead atoms. The van der Waals surface area contributed by atoms with Crippen molar-refractivity contribution < 1.29 is 70.2 Å². The molecule has 8 aromatic rings. The van der Waals surface area contributed by atoms with Gasteiger partial charge in [0.25, 0.3) is 5.91 Å². The number of methoxy groups -OCH3 is 4. The van der Waals surface area contributed by atoms with Crippen molar-refractivity contribution in [3.63, 3.8) is 0 Å². The zero-order valence-corrected chi connectivity index (χ0v) is 40.8. The first-order chi connectivity index (χ1) is 36.8. The lowest BCUT2D eigenvalue weighted by Crippen LogP contribution is -2.26. The second kappa shape index (κ2) is 25.6. The van der Waals surface area contributed by atoms with Gasteiger partial charge in [-0.15, -0.1) is 0 Å². The normalized spacial score (nSPS) is 11.0. The zero-order chi connectivity index (χ0) is 55.9. The van der Waals surface area contributed by atoms with Crippen LogP contribution >= 0.6 is 0 Å². The Morgan fingerprint density at radius 3 is 1.35 bits per heavy atom. The molecule has 0 spiro atoms. The van der Waals surface area contributed by atoms with Crippen LogP contribution in [0.25, 0.3) is 33.9 Å². The lowest BCUT2D eigenvalue weighted by Gasteiger charge is -2.13. The van der Waals surface area contributed by atoms with Gasteiger partial charge >= 0.3 is 18.3 Å². The summed E-state index contributed by atoms with van der Waals surface area (Å²) >= 11 is 0. The van der Waals surface area contributed by atoms with Gasteiger partial charge in [0.05, 0.1) is 52.8 Å². The number of aromatic nitrogens is 10. The number of carbonyl (C=O) groups excluding carboxylic acids is 1. The van der Waals surface area contributed by atoms with Crippen LogP contribution in [-0.4, -0.2) is 131 Å². The topological polar surface area (TPSA) is 307 Å². The molecule has 0 fully saturated rings. The summed E-state index contributed by atoms with van der Waals surface area (Å²) in [7, 11) is 5.95. The Hall–Kier alpha value is -9.48. The fourth-order valence-electron chi connectivity index (χ4n) is 6.51. The maximum absolute atomic E-state index is 13.3. The van der Waals surface area contributed by atoms with Crippen LogP contribution in [0.5, 0.6) is 23.0 Å². The maximum Gasteiger partial charge on any atom is 0.435 e. The molecule has 6 aromatic heterocycles. The number of carboxylic acid groups (broad SMARTS) is 1. The largest absolute Gasteiger partial charge is 0.497 e. The predicted molar refractivity (Wildman–Crippen MR) is 263 cm³/mol. The smallest absolute Gasteiger partial charge is 0.435 e. The number of ether oxygens (including phenoxy) is 4.